The Kier molecular flexibility index (Phi) is 5.50. The van der Waals surface area contributed by atoms with E-state index in [0.717, 1.165) is 5.57 Å². The highest BCUT2D eigenvalue weighted by atomic mass is 16.6. The second-order valence-electron chi connectivity index (χ2n) is 4.31. The lowest BCUT2D eigenvalue weighted by atomic mass is 10.3. The number of nitro groups is 1. The molecule has 0 aliphatic heterocycles. The number of ether oxygens (including phenoxy) is 1. The molecule has 0 unspecified atom stereocenters. The highest BCUT2D eigenvalue weighted by Crippen LogP contribution is 2.27. The molecule has 0 aliphatic rings. The lowest BCUT2D eigenvalue weighted by Crippen LogP contribution is -2.13. The number of nitrogens with one attached hydrogen (secondary N) is 1. The largest absolute Gasteiger partial charge is 0.375 e. The van der Waals surface area contributed by atoms with Crippen LogP contribution in [0.3, 0.4) is 0 Å². The van der Waals surface area contributed by atoms with E-state index in [4.69, 9.17) is 4.74 Å². The zero-order chi connectivity index (χ0) is 14.4. The Hall–Kier alpha value is -1.89. The van der Waals surface area contributed by atoms with Gasteiger partial charge in [-0.15, -0.1) is 0 Å². The predicted octanol–water partition coefficient (Wildman–Crippen LogP) is 1.90. The first-order valence-corrected chi connectivity index (χ1v) is 6.13. The standard InChI is InChI=1S/C12H20N4O3/c1-5-10-11(16(17)18)12(15(4)14-10)13-6-7-19-8-9(2)3/h13H,2,5-8H2,1,3-4H3. The van der Waals surface area contributed by atoms with E-state index in [0.29, 0.717) is 37.7 Å². The lowest BCUT2D eigenvalue weighted by molar-refractivity contribution is -0.384. The van der Waals surface area contributed by atoms with Crippen molar-refractivity contribution in [1.29, 1.82) is 0 Å². The average molecular weight is 268 g/mol. The quantitative estimate of drug-likeness (QED) is 0.337. The molecule has 0 saturated heterocycles. The van der Waals surface area contributed by atoms with Gasteiger partial charge in [-0.2, -0.15) is 5.10 Å². The number of anilines is 1. The molecular formula is C12H20N4O3. The molecule has 0 spiro atoms. The predicted molar refractivity (Wildman–Crippen MR) is 73.4 cm³/mol. The minimum atomic E-state index is -0.400. The van der Waals surface area contributed by atoms with Crippen molar-refractivity contribution in [3.63, 3.8) is 0 Å². The third kappa shape index (κ3) is 4.06. The Balaban J connectivity index is 2.64. The summed E-state index contributed by atoms with van der Waals surface area (Å²) in [5.41, 5.74) is 1.47. The summed E-state index contributed by atoms with van der Waals surface area (Å²) >= 11 is 0. The molecule has 7 nitrogen and oxygen atoms in total. The molecule has 19 heavy (non-hydrogen) atoms. The lowest BCUT2D eigenvalue weighted by Gasteiger charge is -2.07. The minimum absolute atomic E-state index is 0.0462. The van der Waals surface area contributed by atoms with Crippen molar-refractivity contribution < 1.29 is 9.66 Å². The smallest absolute Gasteiger partial charge is 0.333 e. The van der Waals surface area contributed by atoms with E-state index in [1.54, 1.807) is 7.05 Å². The number of nitrogens with zero attached hydrogens (tertiary/aromatic N) is 3. The van der Waals surface area contributed by atoms with Gasteiger partial charge in [0.05, 0.1) is 18.1 Å². The first-order chi connectivity index (χ1) is 8.97. The van der Waals surface area contributed by atoms with E-state index in [1.807, 2.05) is 13.8 Å². The van der Waals surface area contributed by atoms with Gasteiger partial charge in [0.2, 0.25) is 5.82 Å². The Bertz CT molecular complexity index is 468. The molecule has 1 N–H and O–H groups in total. The van der Waals surface area contributed by atoms with Crippen molar-refractivity contribution in [3.8, 4) is 0 Å². The summed E-state index contributed by atoms with van der Waals surface area (Å²) < 4.78 is 6.82. The molecule has 0 aliphatic carbocycles. The number of aromatic nitrogens is 2. The maximum Gasteiger partial charge on any atom is 0.333 e. The van der Waals surface area contributed by atoms with Crippen LogP contribution in [0.2, 0.25) is 0 Å². The monoisotopic (exact) mass is 268 g/mol. The van der Waals surface area contributed by atoms with E-state index in [2.05, 4.69) is 17.0 Å². The number of hydrogen-bond donors (Lipinski definition) is 1. The van der Waals surface area contributed by atoms with Gasteiger partial charge in [-0.1, -0.05) is 19.1 Å². The molecule has 106 valence electrons. The molecule has 1 heterocycles. The number of hydrogen-bond acceptors (Lipinski definition) is 5. The first kappa shape index (κ1) is 15.2. The molecule has 0 saturated carbocycles. The van der Waals surface area contributed by atoms with Crippen LogP contribution in [0.4, 0.5) is 11.5 Å². The van der Waals surface area contributed by atoms with Crippen molar-refractivity contribution in [2.24, 2.45) is 7.05 Å². The molecule has 0 amide bonds. The van der Waals surface area contributed by atoms with Crippen LogP contribution < -0.4 is 5.32 Å². The third-order valence-electron chi connectivity index (χ3n) is 2.50. The van der Waals surface area contributed by atoms with E-state index < -0.39 is 4.92 Å². The van der Waals surface area contributed by atoms with Crippen molar-refractivity contribution >= 4 is 11.5 Å². The summed E-state index contributed by atoms with van der Waals surface area (Å²) in [6.45, 7) is 8.89. The zero-order valence-corrected chi connectivity index (χ0v) is 11.6. The fourth-order valence-corrected chi connectivity index (χ4v) is 1.68. The number of rotatable bonds is 8. The van der Waals surface area contributed by atoms with Gasteiger partial charge in [-0.05, 0) is 13.3 Å². The maximum atomic E-state index is 11.1. The van der Waals surface area contributed by atoms with Crippen LogP contribution in [0.15, 0.2) is 12.2 Å². The maximum absolute atomic E-state index is 11.1. The van der Waals surface area contributed by atoms with Crippen molar-refractivity contribution in [2.75, 3.05) is 25.1 Å². The zero-order valence-electron chi connectivity index (χ0n) is 11.6. The van der Waals surface area contributed by atoms with Gasteiger partial charge in [0.1, 0.15) is 5.69 Å². The Morgan fingerprint density at radius 3 is 2.84 bits per heavy atom. The van der Waals surface area contributed by atoms with Crippen molar-refractivity contribution in [3.05, 3.63) is 28.0 Å². The Labute approximate surface area is 112 Å². The summed E-state index contributed by atoms with van der Waals surface area (Å²) in [4.78, 5) is 10.7. The van der Waals surface area contributed by atoms with Gasteiger partial charge in [0, 0.05) is 13.6 Å². The van der Waals surface area contributed by atoms with Crippen LogP contribution in [0.25, 0.3) is 0 Å². The molecule has 0 aromatic carbocycles. The van der Waals surface area contributed by atoms with E-state index in [-0.39, 0.29) is 5.69 Å². The van der Waals surface area contributed by atoms with Crippen molar-refractivity contribution in [1.82, 2.24) is 9.78 Å². The minimum Gasteiger partial charge on any atom is -0.375 e. The molecular weight excluding hydrogens is 248 g/mol. The van der Waals surface area contributed by atoms with Gasteiger partial charge >= 0.3 is 5.69 Å². The Morgan fingerprint density at radius 1 is 1.63 bits per heavy atom. The molecule has 1 aromatic heterocycles. The second kappa shape index (κ2) is 6.89. The SMILES string of the molecule is C=C(C)COCCNc1c([N+](=O)[O-])c(CC)nn1C. The molecule has 0 bridgehead atoms. The third-order valence-corrected chi connectivity index (χ3v) is 2.50. The van der Waals surface area contributed by atoms with E-state index in [9.17, 15) is 10.1 Å². The van der Waals surface area contributed by atoms with Crippen LogP contribution in [0, 0.1) is 10.1 Å². The molecule has 0 fully saturated rings. The van der Waals surface area contributed by atoms with E-state index >= 15 is 0 Å². The highest BCUT2D eigenvalue weighted by Gasteiger charge is 2.25. The average Bonchev–Trinajstić information content (AvgIpc) is 2.65. The van der Waals surface area contributed by atoms with Crippen LogP contribution in [0.1, 0.15) is 19.5 Å². The highest BCUT2D eigenvalue weighted by molar-refractivity contribution is 5.59. The van der Waals surface area contributed by atoms with E-state index in [1.165, 1.54) is 4.68 Å². The second-order valence-corrected chi connectivity index (χ2v) is 4.31. The summed E-state index contributed by atoms with van der Waals surface area (Å²) in [6, 6.07) is 0. The molecule has 1 aromatic rings. The van der Waals surface area contributed by atoms with Gasteiger partial charge < -0.3 is 10.1 Å². The van der Waals surface area contributed by atoms with Gasteiger partial charge in [-0.25, -0.2) is 4.68 Å². The van der Waals surface area contributed by atoms with Gasteiger partial charge in [-0.3, -0.25) is 10.1 Å². The molecule has 0 radical (unpaired) electrons. The fraction of sp³-hybridized carbons (Fsp3) is 0.583. The summed E-state index contributed by atoms with van der Waals surface area (Å²) in [6.07, 6.45) is 0.526. The molecule has 7 heteroatoms. The van der Waals surface area contributed by atoms with Crippen LogP contribution >= 0.6 is 0 Å². The summed E-state index contributed by atoms with van der Waals surface area (Å²) in [5.74, 6) is 0.417. The fourth-order valence-electron chi connectivity index (χ4n) is 1.68. The Morgan fingerprint density at radius 2 is 2.32 bits per heavy atom. The van der Waals surface area contributed by atoms with Crippen molar-refractivity contribution in [2.45, 2.75) is 20.3 Å². The van der Waals surface area contributed by atoms with Gasteiger partial charge in [0.15, 0.2) is 0 Å². The van der Waals surface area contributed by atoms with Crippen LogP contribution in [-0.4, -0.2) is 34.5 Å². The topological polar surface area (TPSA) is 82.2 Å². The first-order valence-electron chi connectivity index (χ1n) is 6.13. The molecule has 0 atom stereocenters. The summed E-state index contributed by atoms with van der Waals surface area (Å²) in [7, 11) is 1.68. The number of aryl methyl sites for hydroxylation is 2. The van der Waals surface area contributed by atoms with Crippen LogP contribution in [0.5, 0.6) is 0 Å². The molecule has 1 rings (SSSR count). The normalized spacial score (nSPS) is 10.5. The van der Waals surface area contributed by atoms with Crippen LogP contribution in [-0.2, 0) is 18.2 Å². The summed E-state index contributed by atoms with van der Waals surface area (Å²) in [5, 5.41) is 18.2. The van der Waals surface area contributed by atoms with Gasteiger partial charge in [0.25, 0.3) is 0 Å².